The van der Waals surface area contributed by atoms with Crippen molar-refractivity contribution in [2.75, 3.05) is 13.2 Å². The third-order valence-electron chi connectivity index (χ3n) is 6.46. The second-order valence-corrected chi connectivity index (χ2v) is 7.86. The minimum absolute atomic E-state index is 0.181. The minimum atomic E-state index is -0.464. The Morgan fingerprint density at radius 2 is 1.80 bits per heavy atom. The van der Waals surface area contributed by atoms with E-state index < -0.39 is 5.79 Å². The highest BCUT2D eigenvalue weighted by Crippen LogP contribution is 2.64. The van der Waals surface area contributed by atoms with Crippen molar-refractivity contribution >= 4 is 0 Å². The highest BCUT2D eigenvalue weighted by atomic mass is 16.7. The molecule has 3 rings (SSSR count). The van der Waals surface area contributed by atoms with E-state index in [1.165, 1.54) is 25.7 Å². The van der Waals surface area contributed by atoms with Crippen LogP contribution in [-0.4, -0.2) is 19.0 Å². The average Bonchev–Trinajstić information content (AvgIpc) is 2.82. The van der Waals surface area contributed by atoms with Crippen LogP contribution in [0.5, 0.6) is 0 Å². The Labute approximate surface area is 122 Å². The van der Waals surface area contributed by atoms with Crippen molar-refractivity contribution in [3.8, 4) is 6.07 Å². The zero-order valence-electron chi connectivity index (χ0n) is 13.1. The molecule has 0 aromatic heterocycles. The van der Waals surface area contributed by atoms with E-state index in [0.717, 1.165) is 6.42 Å². The Bertz CT molecular complexity index is 419. The molecule has 0 unspecified atom stereocenters. The van der Waals surface area contributed by atoms with Gasteiger partial charge < -0.3 is 9.47 Å². The van der Waals surface area contributed by atoms with E-state index in [1.54, 1.807) is 0 Å². The summed E-state index contributed by atoms with van der Waals surface area (Å²) in [5.74, 6) is 0.440. The molecule has 0 aromatic rings. The van der Waals surface area contributed by atoms with Crippen LogP contribution in [0.2, 0.25) is 0 Å². The fraction of sp³-hybridized carbons (Fsp3) is 0.941. The minimum Gasteiger partial charge on any atom is -0.347 e. The largest absolute Gasteiger partial charge is 0.347 e. The molecule has 0 N–H and O–H groups in total. The van der Waals surface area contributed by atoms with E-state index >= 15 is 0 Å². The van der Waals surface area contributed by atoms with Crippen molar-refractivity contribution in [1.82, 2.24) is 0 Å². The summed E-state index contributed by atoms with van der Waals surface area (Å²) in [4.78, 5) is 0. The van der Waals surface area contributed by atoms with E-state index in [9.17, 15) is 5.26 Å². The SMILES string of the molecule is CC1(C)CCC[C@]2(C)[C@H](CC#N)C3(CC[C@@H]12)OCCO3. The molecule has 0 amide bonds. The van der Waals surface area contributed by atoms with Crippen LogP contribution >= 0.6 is 0 Å². The van der Waals surface area contributed by atoms with E-state index in [-0.39, 0.29) is 11.3 Å². The predicted molar refractivity (Wildman–Crippen MR) is 76.8 cm³/mol. The molecule has 3 aliphatic rings. The van der Waals surface area contributed by atoms with Crippen molar-refractivity contribution in [3.05, 3.63) is 0 Å². The molecule has 2 aliphatic carbocycles. The summed E-state index contributed by atoms with van der Waals surface area (Å²) < 4.78 is 12.1. The number of ether oxygens (including phenoxy) is 2. The van der Waals surface area contributed by atoms with Crippen molar-refractivity contribution in [1.29, 1.82) is 5.26 Å². The summed E-state index contributed by atoms with van der Waals surface area (Å²) in [7, 11) is 0. The summed E-state index contributed by atoms with van der Waals surface area (Å²) in [5, 5.41) is 9.34. The van der Waals surface area contributed by atoms with Crippen LogP contribution in [0.4, 0.5) is 0 Å². The molecule has 0 radical (unpaired) electrons. The molecular weight excluding hydrogens is 250 g/mol. The summed E-state index contributed by atoms with van der Waals surface area (Å²) >= 11 is 0. The first-order chi connectivity index (χ1) is 9.45. The monoisotopic (exact) mass is 277 g/mol. The van der Waals surface area contributed by atoms with Gasteiger partial charge >= 0.3 is 0 Å². The van der Waals surface area contributed by atoms with Gasteiger partial charge in [-0.15, -0.1) is 0 Å². The summed E-state index contributed by atoms with van der Waals surface area (Å²) in [5.41, 5.74) is 0.557. The van der Waals surface area contributed by atoms with Crippen LogP contribution in [0.3, 0.4) is 0 Å². The van der Waals surface area contributed by atoms with Crippen LogP contribution in [0.15, 0.2) is 0 Å². The summed E-state index contributed by atoms with van der Waals surface area (Å²) in [6.07, 6.45) is 6.47. The molecule has 3 atom stereocenters. The molecule has 2 saturated carbocycles. The highest BCUT2D eigenvalue weighted by molar-refractivity contribution is 5.09. The lowest BCUT2D eigenvalue weighted by molar-refractivity contribution is -0.270. The highest BCUT2D eigenvalue weighted by Gasteiger charge is 2.61. The molecule has 3 fully saturated rings. The Hall–Kier alpha value is -0.590. The number of hydrogen-bond acceptors (Lipinski definition) is 3. The van der Waals surface area contributed by atoms with Gasteiger partial charge in [0.25, 0.3) is 0 Å². The van der Waals surface area contributed by atoms with E-state index in [1.807, 2.05) is 0 Å². The first kappa shape index (κ1) is 14.4. The van der Waals surface area contributed by atoms with Gasteiger partial charge in [-0.1, -0.05) is 27.2 Å². The van der Waals surface area contributed by atoms with Crippen LogP contribution in [0.1, 0.15) is 59.3 Å². The van der Waals surface area contributed by atoms with E-state index in [4.69, 9.17) is 9.47 Å². The van der Waals surface area contributed by atoms with Gasteiger partial charge in [0.15, 0.2) is 5.79 Å². The van der Waals surface area contributed by atoms with Crippen LogP contribution < -0.4 is 0 Å². The van der Waals surface area contributed by atoms with Gasteiger partial charge in [0.05, 0.1) is 19.3 Å². The summed E-state index contributed by atoms with van der Waals surface area (Å²) in [6, 6.07) is 2.41. The van der Waals surface area contributed by atoms with Gasteiger partial charge in [0, 0.05) is 18.8 Å². The second-order valence-electron chi connectivity index (χ2n) is 7.86. The Morgan fingerprint density at radius 3 is 2.45 bits per heavy atom. The Kier molecular flexibility index (Phi) is 3.38. The van der Waals surface area contributed by atoms with Gasteiger partial charge in [0.2, 0.25) is 0 Å². The zero-order valence-corrected chi connectivity index (χ0v) is 13.1. The molecule has 1 saturated heterocycles. The molecule has 20 heavy (non-hydrogen) atoms. The third-order valence-corrected chi connectivity index (χ3v) is 6.46. The van der Waals surface area contributed by atoms with E-state index in [2.05, 4.69) is 26.8 Å². The molecule has 0 aromatic carbocycles. The van der Waals surface area contributed by atoms with Crippen LogP contribution in [0.25, 0.3) is 0 Å². The van der Waals surface area contributed by atoms with Gasteiger partial charge in [-0.05, 0) is 36.0 Å². The van der Waals surface area contributed by atoms with Gasteiger partial charge in [0.1, 0.15) is 0 Å². The third kappa shape index (κ3) is 1.92. The zero-order chi connectivity index (χ0) is 14.4. The van der Waals surface area contributed by atoms with Gasteiger partial charge in [-0.25, -0.2) is 0 Å². The second kappa shape index (κ2) is 4.71. The molecule has 1 spiro atoms. The number of nitrogens with zero attached hydrogens (tertiary/aromatic N) is 1. The van der Waals surface area contributed by atoms with Crippen molar-refractivity contribution in [3.63, 3.8) is 0 Å². The summed E-state index contributed by atoms with van der Waals surface area (Å²) in [6.45, 7) is 8.59. The van der Waals surface area contributed by atoms with Gasteiger partial charge in [-0.3, -0.25) is 0 Å². The van der Waals surface area contributed by atoms with Crippen molar-refractivity contribution in [2.45, 2.75) is 65.1 Å². The molecule has 3 nitrogen and oxygen atoms in total. The van der Waals surface area contributed by atoms with Crippen LogP contribution in [0, 0.1) is 34.0 Å². The first-order valence-electron chi connectivity index (χ1n) is 8.09. The standard InChI is InChI=1S/C17H27NO2/c1-15(2)7-4-8-16(3)13(15)5-9-17(14(16)6-10-18)19-11-12-20-17/h13-14H,4-9,11-12H2,1-3H3/t13-,14-,16-/m0/s1. The topological polar surface area (TPSA) is 42.2 Å². The molecule has 1 heterocycles. The Balaban J connectivity index is 1.99. The number of fused-ring (bicyclic) bond motifs is 1. The lowest BCUT2D eigenvalue weighted by atomic mass is 9.46. The van der Waals surface area contributed by atoms with Gasteiger partial charge in [-0.2, -0.15) is 5.26 Å². The molecule has 3 heteroatoms. The van der Waals surface area contributed by atoms with Crippen LogP contribution in [-0.2, 0) is 9.47 Å². The quantitative estimate of drug-likeness (QED) is 0.730. The molecule has 1 aliphatic heterocycles. The lowest BCUT2D eigenvalue weighted by Crippen LogP contribution is -2.59. The van der Waals surface area contributed by atoms with E-state index in [0.29, 0.717) is 31.0 Å². The normalized spacial score (nSPS) is 42.1. The Morgan fingerprint density at radius 1 is 1.10 bits per heavy atom. The maximum Gasteiger partial charge on any atom is 0.172 e. The smallest absolute Gasteiger partial charge is 0.172 e. The molecule has 112 valence electrons. The maximum atomic E-state index is 9.34. The fourth-order valence-corrected chi connectivity index (χ4v) is 5.62. The number of nitriles is 1. The predicted octanol–water partition coefficient (Wildman–Crippen LogP) is 3.89. The van der Waals surface area contributed by atoms with Crippen molar-refractivity contribution in [2.24, 2.45) is 22.7 Å². The fourth-order valence-electron chi connectivity index (χ4n) is 5.62. The average molecular weight is 277 g/mol. The lowest BCUT2D eigenvalue weighted by Gasteiger charge is -2.60. The maximum absolute atomic E-state index is 9.34. The molecular formula is C17H27NO2. The first-order valence-corrected chi connectivity index (χ1v) is 8.09. The van der Waals surface area contributed by atoms with Crippen molar-refractivity contribution < 1.29 is 9.47 Å². The number of rotatable bonds is 1. The molecule has 0 bridgehead atoms. The number of hydrogen-bond donors (Lipinski definition) is 0.